The lowest BCUT2D eigenvalue weighted by Crippen LogP contribution is -2.46. The second kappa shape index (κ2) is 6.66. The van der Waals surface area contributed by atoms with E-state index in [-0.39, 0.29) is 6.54 Å². The van der Waals surface area contributed by atoms with Crippen LogP contribution in [0.15, 0.2) is 4.52 Å². The van der Waals surface area contributed by atoms with Crippen molar-refractivity contribution >= 4 is 11.9 Å². The first-order valence-electron chi connectivity index (χ1n) is 7.00. The van der Waals surface area contributed by atoms with E-state index in [1.807, 2.05) is 11.8 Å². The minimum atomic E-state index is -1.08. The zero-order valence-corrected chi connectivity index (χ0v) is 11.9. The van der Waals surface area contributed by atoms with Crippen molar-refractivity contribution in [1.82, 2.24) is 15.0 Å². The van der Waals surface area contributed by atoms with Gasteiger partial charge in [0.25, 0.3) is 0 Å². The van der Waals surface area contributed by atoms with Crippen molar-refractivity contribution in [2.45, 2.75) is 32.7 Å². The summed E-state index contributed by atoms with van der Waals surface area (Å²) in [4.78, 5) is 28.4. The number of aromatic nitrogens is 2. The molecule has 8 heteroatoms. The molecule has 0 amide bonds. The molecule has 1 aliphatic heterocycles. The van der Waals surface area contributed by atoms with E-state index in [1.54, 1.807) is 0 Å². The Morgan fingerprint density at radius 1 is 1.33 bits per heavy atom. The summed E-state index contributed by atoms with van der Waals surface area (Å²) in [5.74, 6) is -2.78. The summed E-state index contributed by atoms with van der Waals surface area (Å²) in [6.07, 6.45) is 1.94. The van der Waals surface area contributed by atoms with Gasteiger partial charge >= 0.3 is 11.9 Å². The van der Waals surface area contributed by atoms with Crippen molar-refractivity contribution in [3.05, 3.63) is 11.7 Å². The highest BCUT2D eigenvalue weighted by atomic mass is 16.5. The quantitative estimate of drug-likeness (QED) is 0.785. The van der Waals surface area contributed by atoms with E-state index in [4.69, 9.17) is 9.63 Å². The first kappa shape index (κ1) is 15.4. The molecule has 2 atom stereocenters. The number of aliphatic carboxylic acids is 2. The van der Waals surface area contributed by atoms with Gasteiger partial charge in [0.05, 0.1) is 18.4 Å². The Hall–Kier alpha value is -1.96. The Balaban J connectivity index is 1.98. The monoisotopic (exact) mass is 297 g/mol. The maximum Gasteiger partial charge on any atom is 0.308 e. The molecular formula is C13H19N3O5. The van der Waals surface area contributed by atoms with E-state index in [0.29, 0.717) is 37.6 Å². The number of likely N-dealkylation sites (tertiary alicyclic amines) is 1. The standard InChI is InChI=1S/C13H19N3O5/c1-2-3-11-14-10(15-21-11)7-16-5-4-8(12(17)18)9(6-16)13(19)20/h8-9H,2-7H2,1H3,(H,17,18)(H,19,20). The number of hydrogen-bond donors (Lipinski definition) is 2. The first-order valence-corrected chi connectivity index (χ1v) is 7.00. The van der Waals surface area contributed by atoms with Crippen LogP contribution in [0.2, 0.25) is 0 Å². The Morgan fingerprint density at radius 2 is 2.05 bits per heavy atom. The fraction of sp³-hybridized carbons (Fsp3) is 0.692. The molecule has 21 heavy (non-hydrogen) atoms. The molecule has 0 spiro atoms. The molecule has 2 rings (SSSR count). The van der Waals surface area contributed by atoms with Gasteiger partial charge in [-0.05, 0) is 19.4 Å². The van der Waals surface area contributed by atoms with Crippen LogP contribution in [0, 0.1) is 11.8 Å². The van der Waals surface area contributed by atoms with Gasteiger partial charge in [0.2, 0.25) is 5.89 Å². The number of rotatable bonds is 6. The summed E-state index contributed by atoms with van der Waals surface area (Å²) in [6.45, 7) is 3.09. The topological polar surface area (TPSA) is 117 Å². The highest BCUT2D eigenvalue weighted by molar-refractivity contribution is 5.80. The van der Waals surface area contributed by atoms with E-state index in [9.17, 15) is 14.7 Å². The van der Waals surface area contributed by atoms with Crippen molar-refractivity contribution in [2.75, 3.05) is 13.1 Å². The van der Waals surface area contributed by atoms with Crippen LogP contribution in [-0.2, 0) is 22.6 Å². The number of carboxylic acids is 2. The van der Waals surface area contributed by atoms with Gasteiger partial charge < -0.3 is 14.7 Å². The average molecular weight is 297 g/mol. The van der Waals surface area contributed by atoms with Gasteiger partial charge in [0, 0.05) is 13.0 Å². The lowest BCUT2D eigenvalue weighted by Gasteiger charge is -2.33. The molecule has 1 aromatic heterocycles. The Kier molecular flexibility index (Phi) is 4.89. The van der Waals surface area contributed by atoms with E-state index >= 15 is 0 Å². The molecule has 1 aliphatic rings. The fourth-order valence-corrected chi connectivity index (χ4v) is 2.58. The Labute approximate surface area is 121 Å². The van der Waals surface area contributed by atoms with Gasteiger partial charge in [-0.2, -0.15) is 4.98 Å². The number of nitrogens with zero attached hydrogens (tertiary/aromatic N) is 3. The molecule has 1 aromatic rings. The fourth-order valence-electron chi connectivity index (χ4n) is 2.58. The molecule has 2 heterocycles. The third kappa shape index (κ3) is 3.78. The molecule has 2 N–H and O–H groups in total. The molecule has 0 aromatic carbocycles. The minimum Gasteiger partial charge on any atom is -0.481 e. The second-order valence-corrected chi connectivity index (χ2v) is 5.27. The largest absolute Gasteiger partial charge is 0.481 e. The number of carboxylic acid groups (broad SMARTS) is 2. The zero-order valence-electron chi connectivity index (χ0n) is 11.9. The number of hydrogen-bond acceptors (Lipinski definition) is 6. The molecule has 0 radical (unpaired) electrons. The minimum absolute atomic E-state index is 0.184. The molecule has 2 unspecified atom stereocenters. The predicted molar refractivity (Wildman–Crippen MR) is 70.4 cm³/mol. The maximum absolute atomic E-state index is 11.2. The molecule has 0 aliphatic carbocycles. The van der Waals surface area contributed by atoms with E-state index in [0.717, 1.165) is 6.42 Å². The normalized spacial score (nSPS) is 23.1. The van der Waals surface area contributed by atoms with Gasteiger partial charge in [-0.25, -0.2) is 0 Å². The summed E-state index contributed by atoms with van der Waals surface area (Å²) in [5, 5.41) is 22.1. The maximum atomic E-state index is 11.2. The first-order chi connectivity index (χ1) is 10.0. The van der Waals surface area contributed by atoms with Gasteiger partial charge in [-0.3, -0.25) is 14.5 Å². The van der Waals surface area contributed by atoms with E-state index in [2.05, 4.69) is 10.1 Å². The van der Waals surface area contributed by atoms with Crippen molar-refractivity contribution in [2.24, 2.45) is 11.8 Å². The summed E-state index contributed by atoms with van der Waals surface area (Å²) in [6, 6.07) is 0. The molecular weight excluding hydrogens is 278 g/mol. The van der Waals surface area contributed by atoms with Crippen molar-refractivity contribution in [3.63, 3.8) is 0 Å². The molecule has 116 valence electrons. The van der Waals surface area contributed by atoms with Crippen LogP contribution in [0.5, 0.6) is 0 Å². The van der Waals surface area contributed by atoms with Crippen LogP contribution in [0.25, 0.3) is 0 Å². The molecule has 8 nitrogen and oxygen atoms in total. The lowest BCUT2D eigenvalue weighted by molar-refractivity contribution is -0.157. The van der Waals surface area contributed by atoms with E-state index < -0.39 is 23.8 Å². The number of piperidine rings is 1. The molecule has 0 saturated carbocycles. The lowest BCUT2D eigenvalue weighted by atomic mass is 9.85. The highest BCUT2D eigenvalue weighted by Gasteiger charge is 2.38. The highest BCUT2D eigenvalue weighted by Crippen LogP contribution is 2.25. The van der Waals surface area contributed by atoms with Crippen LogP contribution in [0.3, 0.4) is 0 Å². The van der Waals surface area contributed by atoms with Gasteiger partial charge in [0.15, 0.2) is 5.82 Å². The van der Waals surface area contributed by atoms with Crippen LogP contribution < -0.4 is 0 Å². The average Bonchev–Trinajstić information content (AvgIpc) is 2.86. The smallest absolute Gasteiger partial charge is 0.308 e. The summed E-state index contributed by atoms with van der Waals surface area (Å²) in [5.41, 5.74) is 0. The van der Waals surface area contributed by atoms with Crippen molar-refractivity contribution in [1.29, 1.82) is 0 Å². The second-order valence-electron chi connectivity index (χ2n) is 5.27. The van der Waals surface area contributed by atoms with Crippen LogP contribution in [-0.4, -0.2) is 50.3 Å². The van der Waals surface area contributed by atoms with Gasteiger partial charge in [-0.1, -0.05) is 12.1 Å². The number of aryl methyl sites for hydroxylation is 1. The molecule has 1 saturated heterocycles. The third-order valence-electron chi connectivity index (χ3n) is 3.67. The zero-order chi connectivity index (χ0) is 15.4. The Bertz CT molecular complexity index is 516. The van der Waals surface area contributed by atoms with Gasteiger partial charge in [-0.15, -0.1) is 0 Å². The van der Waals surface area contributed by atoms with Gasteiger partial charge in [0.1, 0.15) is 0 Å². The van der Waals surface area contributed by atoms with Crippen molar-refractivity contribution < 1.29 is 24.3 Å². The molecule has 1 fully saturated rings. The molecule has 0 bridgehead atoms. The summed E-state index contributed by atoms with van der Waals surface area (Å²) >= 11 is 0. The van der Waals surface area contributed by atoms with Crippen LogP contribution >= 0.6 is 0 Å². The SMILES string of the molecule is CCCc1nc(CN2CCC(C(=O)O)C(C(=O)O)C2)no1. The van der Waals surface area contributed by atoms with Crippen LogP contribution in [0.1, 0.15) is 31.5 Å². The predicted octanol–water partition coefficient (Wildman–Crippen LogP) is 0.629. The Morgan fingerprint density at radius 3 is 2.67 bits per heavy atom. The summed E-state index contributed by atoms with van der Waals surface area (Å²) < 4.78 is 5.08. The van der Waals surface area contributed by atoms with E-state index in [1.165, 1.54) is 0 Å². The summed E-state index contributed by atoms with van der Waals surface area (Å²) in [7, 11) is 0. The number of carbonyl (C=O) groups is 2. The third-order valence-corrected chi connectivity index (χ3v) is 3.67. The van der Waals surface area contributed by atoms with Crippen molar-refractivity contribution in [3.8, 4) is 0 Å². The van der Waals surface area contributed by atoms with Crippen LogP contribution in [0.4, 0.5) is 0 Å².